The molecular formula is C20H22N2O4. The lowest BCUT2D eigenvalue weighted by atomic mass is 10.0. The van der Waals surface area contributed by atoms with E-state index < -0.39 is 12.0 Å². The number of hydrogen-bond acceptors (Lipinski definition) is 4. The summed E-state index contributed by atoms with van der Waals surface area (Å²) in [5.74, 6) is -1.23. The minimum atomic E-state index is -0.958. The van der Waals surface area contributed by atoms with Crippen LogP contribution in [0.1, 0.15) is 28.4 Å². The SMILES string of the molecule is O=C(O)CC(NC(=O)c1ccccc1N1CCOCC1)c1ccccc1. The van der Waals surface area contributed by atoms with Crippen LogP contribution in [-0.4, -0.2) is 43.3 Å². The first-order chi connectivity index (χ1) is 12.6. The Balaban J connectivity index is 1.82. The zero-order valence-corrected chi connectivity index (χ0v) is 14.4. The van der Waals surface area contributed by atoms with Crippen LogP contribution >= 0.6 is 0 Å². The summed E-state index contributed by atoms with van der Waals surface area (Å²) in [6.45, 7) is 2.70. The fourth-order valence-corrected chi connectivity index (χ4v) is 3.09. The maximum Gasteiger partial charge on any atom is 0.305 e. The summed E-state index contributed by atoms with van der Waals surface area (Å²) >= 11 is 0. The fourth-order valence-electron chi connectivity index (χ4n) is 3.09. The third-order valence-corrected chi connectivity index (χ3v) is 4.39. The quantitative estimate of drug-likeness (QED) is 0.833. The maximum absolute atomic E-state index is 12.9. The minimum Gasteiger partial charge on any atom is -0.481 e. The van der Waals surface area contributed by atoms with Gasteiger partial charge in [0.1, 0.15) is 0 Å². The van der Waals surface area contributed by atoms with E-state index in [9.17, 15) is 14.7 Å². The third kappa shape index (κ3) is 4.40. The van der Waals surface area contributed by atoms with Crippen LogP contribution in [0, 0.1) is 0 Å². The van der Waals surface area contributed by atoms with Crippen molar-refractivity contribution in [3.8, 4) is 0 Å². The van der Waals surface area contributed by atoms with Gasteiger partial charge in [-0.1, -0.05) is 42.5 Å². The number of nitrogens with zero attached hydrogens (tertiary/aromatic N) is 1. The van der Waals surface area contributed by atoms with Crippen LogP contribution in [0.4, 0.5) is 5.69 Å². The van der Waals surface area contributed by atoms with Gasteiger partial charge in [0.05, 0.1) is 31.2 Å². The molecule has 0 radical (unpaired) electrons. The first-order valence-electron chi connectivity index (χ1n) is 8.64. The Morgan fingerprint density at radius 1 is 1.04 bits per heavy atom. The number of hydrogen-bond donors (Lipinski definition) is 2. The fraction of sp³-hybridized carbons (Fsp3) is 0.300. The number of ether oxygens (including phenoxy) is 1. The Kier molecular flexibility index (Phi) is 5.86. The summed E-state index contributed by atoms with van der Waals surface area (Å²) in [5.41, 5.74) is 2.16. The molecule has 26 heavy (non-hydrogen) atoms. The molecule has 6 nitrogen and oxygen atoms in total. The van der Waals surface area contributed by atoms with E-state index in [0.717, 1.165) is 24.3 Å². The summed E-state index contributed by atoms with van der Waals surface area (Å²) < 4.78 is 5.38. The van der Waals surface area contributed by atoms with Crippen LogP contribution in [0.2, 0.25) is 0 Å². The van der Waals surface area contributed by atoms with Gasteiger partial charge < -0.3 is 20.1 Å². The van der Waals surface area contributed by atoms with Gasteiger partial charge in [0, 0.05) is 18.8 Å². The molecule has 0 aliphatic carbocycles. The van der Waals surface area contributed by atoms with Gasteiger partial charge in [-0.25, -0.2) is 0 Å². The Morgan fingerprint density at radius 3 is 2.38 bits per heavy atom. The maximum atomic E-state index is 12.9. The molecule has 2 N–H and O–H groups in total. The molecule has 3 rings (SSSR count). The Bertz CT molecular complexity index is 757. The summed E-state index contributed by atoms with van der Waals surface area (Å²) in [6.07, 6.45) is -0.171. The van der Waals surface area contributed by atoms with E-state index >= 15 is 0 Å². The molecular weight excluding hydrogens is 332 g/mol. The van der Waals surface area contributed by atoms with E-state index in [2.05, 4.69) is 10.2 Å². The number of anilines is 1. The van der Waals surface area contributed by atoms with Crippen molar-refractivity contribution in [3.63, 3.8) is 0 Å². The van der Waals surface area contributed by atoms with E-state index in [-0.39, 0.29) is 12.3 Å². The highest BCUT2D eigenvalue weighted by Gasteiger charge is 2.22. The van der Waals surface area contributed by atoms with Crippen LogP contribution in [0.15, 0.2) is 54.6 Å². The molecule has 0 aromatic heterocycles. The molecule has 1 unspecified atom stereocenters. The number of carbonyl (C=O) groups excluding carboxylic acids is 1. The van der Waals surface area contributed by atoms with Gasteiger partial charge in [0.15, 0.2) is 0 Å². The van der Waals surface area contributed by atoms with Crippen LogP contribution in [0.5, 0.6) is 0 Å². The standard InChI is InChI=1S/C20H22N2O4/c23-19(24)14-17(15-6-2-1-3-7-15)21-20(25)16-8-4-5-9-18(16)22-10-12-26-13-11-22/h1-9,17H,10-14H2,(H,21,25)(H,23,24). The van der Waals surface area contributed by atoms with E-state index in [0.29, 0.717) is 18.8 Å². The molecule has 0 spiro atoms. The highest BCUT2D eigenvalue weighted by molar-refractivity contribution is 6.00. The number of carboxylic acid groups (broad SMARTS) is 1. The van der Waals surface area contributed by atoms with E-state index in [1.807, 2.05) is 48.5 Å². The van der Waals surface area contributed by atoms with Crippen molar-refractivity contribution in [2.24, 2.45) is 0 Å². The van der Waals surface area contributed by atoms with Crippen molar-refractivity contribution in [2.75, 3.05) is 31.2 Å². The minimum absolute atomic E-state index is 0.171. The van der Waals surface area contributed by atoms with Gasteiger partial charge in [0.2, 0.25) is 0 Å². The molecule has 1 heterocycles. The molecule has 1 saturated heterocycles. The van der Waals surface area contributed by atoms with Crippen molar-refractivity contribution in [3.05, 3.63) is 65.7 Å². The number of rotatable bonds is 6. The van der Waals surface area contributed by atoms with Crippen LogP contribution < -0.4 is 10.2 Å². The van der Waals surface area contributed by atoms with Crippen LogP contribution in [-0.2, 0) is 9.53 Å². The van der Waals surface area contributed by atoms with Crippen LogP contribution in [0.25, 0.3) is 0 Å². The number of carboxylic acids is 1. The molecule has 1 aliphatic heterocycles. The average molecular weight is 354 g/mol. The number of aliphatic carboxylic acids is 1. The third-order valence-electron chi connectivity index (χ3n) is 4.39. The predicted octanol–water partition coefficient (Wildman–Crippen LogP) is 2.47. The molecule has 1 amide bonds. The van der Waals surface area contributed by atoms with Crippen molar-refractivity contribution >= 4 is 17.6 Å². The van der Waals surface area contributed by atoms with E-state index in [1.54, 1.807) is 6.07 Å². The zero-order valence-electron chi connectivity index (χ0n) is 14.4. The number of amides is 1. The van der Waals surface area contributed by atoms with Gasteiger partial charge in [-0.05, 0) is 17.7 Å². The first-order valence-corrected chi connectivity index (χ1v) is 8.64. The number of morpholine rings is 1. The first kappa shape index (κ1) is 17.9. The highest BCUT2D eigenvalue weighted by Crippen LogP contribution is 2.23. The molecule has 0 bridgehead atoms. The van der Waals surface area contributed by atoms with Gasteiger partial charge in [-0.2, -0.15) is 0 Å². The largest absolute Gasteiger partial charge is 0.481 e. The van der Waals surface area contributed by atoms with Crippen molar-refractivity contribution < 1.29 is 19.4 Å². The lowest BCUT2D eigenvalue weighted by Gasteiger charge is -2.30. The van der Waals surface area contributed by atoms with Gasteiger partial charge >= 0.3 is 5.97 Å². The smallest absolute Gasteiger partial charge is 0.305 e. The van der Waals surface area contributed by atoms with Gasteiger partial charge in [0.25, 0.3) is 5.91 Å². The number of benzene rings is 2. The second-order valence-electron chi connectivity index (χ2n) is 6.15. The molecule has 2 aromatic rings. The normalized spacial score (nSPS) is 15.3. The van der Waals surface area contributed by atoms with E-state index in [1.165, 1.54) is 0 Å². The number of para-hydroxylation sites is 1. The van der Waals surface area contributed by atoms with Gasteiger partial charge in [-0.3, -0.25) is 9.59 Å². The predicted molar refractivity (Wildman–Crippen MR) is 98.4 cm³/mol. The number of nitrogens with one attached hydrogen (secondary N) is 1. The second kappa shape index (κ2) is 8.49. The molecule has 6 heteroatoms. The van der Waals surface area contributed by atoms with Crippen LogP contribution in [0.3, 0.4) is 0 Å². The highest BCUT2D eigenvalue weighted by atomic mass is 16.5. The van der Waals surface area contributed by atoms with Crippen molar-refractivity contribution in [1.29, 1.82) is 0 Å². The summed E-state index contributed by atoms with van der Waals surface area (Å²) in [7, 11) is 0. The summed E-state index contributed by atoms with van der Waals surface area (Å²) in [6, 6.07) is 16.0. The summed E-state index contributed by atoms with van der Waals surface area (Å²) in [5, 5.41) is 12.1. The average Bonchev–Trinajstić information content (AvgIpc) is 2.68. The van der Waals surface area contributed by atoms with Gasteiger partial charge in [-0.15, -0.1) is 0 Å². The van der Waals surface area contributed by atoms with Crippen molar-refractivity contribution in [1.82, 2.24) is 5.32 Å². The lowest BCUT2D eigenvalue weighted by Crippen LogP contribution is -2.38. The summed E-state index contributed by atoms with van der Waals surface area (Å²) in [4.78, 5) is 26.3. The monoisotopic (exact) mass is 354 g/mol. The Hall–Kier alpha value is -2.86. The van der Waals surface area contributed by atoms with Crippen molar-refractivity contribution in [2.45, 2.75) is 12.5 Å². The molecule has 2 aromatic carbocycles. The zero-order chi connectivity index (χ0) is 18.4. The number of carbonyl (C=O) groups is 2. The molecule has 1 atom stereocenters. The lowest BCUT2D eigenvalue weighted by molar-refractivity contribution is -0.137. The second-order valence-corrected chi connectivity index (χ2v) is 6.15. The van der Waals surface area contributed by atoms with E-state index in [4.69, 9.17) is 4.74 Å². The molecule has 136 valence electrons. The molecule has 0 saturated carbocycles. The topological polar surface area (TPSA) is 78.9 Å². The Labute approximate surface area is 152 Å². The molecule has 1 fully saturated rings. The Morgan fingerprint density at radius 2 is 1.69 bits per heavy atom. The molecule has 1 aliphatic rings.